The first-order valence-corrected chi connectivity index (χ1v) is 16.3. The number of nitrogens with zero attached hydrogens (tertiary/aromatic N) is 2. The predicted molar refractivity (Wildman–Crippen MR) is 168 cm³/mol. The Labute approximate surface area is 258 Å². The third-order valence-electron chi connectivity index (χ3n) is 6.81. The number of amides is 2. The quantitative estimate of drug-likeness (QED) is 0.297. The van der Waals surface area contributed by atoms with Gasteiger partial charge in [-0.15, -0.1) is 0 Å². The molecule has 11 heteroatoms. The van der Waals surface area contributed by atoms with Gasteiger partial charge in [0.05, 0.1) is 11.9 Å². The second-order valence-corrected chi connectivity index (χ2v) is 13.9. The second kappa shape index (κ2) is 13.7. The molecule has 1 aliphatic heterocycles. The Balaban J connectivity index is 1.59. The van der Waals surface area contributed by atoms with Crippen LogP contribution in [0.1, 0.15) is 44.7 Å². The van der Waals surface area contributed by atoms with E-state index in [-0.39, 0.29) is 44.5 Å². The number of nitrogens with one attached hydrogen (secondary N) is 1. The van der Waals surface area contributed by atoms with Gasteiger partial charge in [-0.1, -0.05) is 54.1 Å². The van der Waals surface area contributed by atoms with Crippen LogP contribution in [-0.4, -0.2) is 56.3 Å². The van der Waals surface area contributed by atoms with Crippen molar-refractivity contribution >= 4 is 39.1 Å². The Morgan fingerprint density at radius 3 is 2.33 bits per heavy atom. The molecule has 4 rings (SSSR count). The molecule has 1 atom stereocenters. The lowest BCUT2D eigenvalue weighted by molar-refractivity contribution is -0.142. The van der Waals surface area contributed by atoms with Crippen LogP contribution in [0.25, 0.3) is 0 Å². The normalized spacial score (nSPS) is 13.3. The van der Waals surface area contributed by atoms with Crippen LogP contribution in [0.3, 0.4) is 0 Å². The molecule has 1 heterocycles. The summed E-state index contributed by atoms with van der Waals surface area (Å²) < 4.78 is 37.5. The number of sulfonamides is 1. The van der Waals surface area contributed by atoms with E-state index in [1.54, 1.807) is 41.3 Å². The first-order chi connectivity index (χ1) is 20.3. The van der Waals surface area contributed by atoms with E-state index in [1.165, 1.54) is 4.31 Å². The van der Waals surface area contributed by atoms with Crippen molar-refractivity contribution in [2.24, 2.45) is 0 Å². The highest BCUT2D eigenvalue weighted by molar-refractivity contribution is 7.92. The number of benzene rings is 3. The van der Waals surface area contributed by atoms with Crippen LogP contribution in [0.2, 0.25) is 5.02 Å². The van der Waals surface area contributed by atoms with Gasteiger partial charge in [-0.05, 0) is 62.6 Å². The van der Waals surface area contributed by atoms with Crippen LogP contribution in [-0.2, 0) is 32.6 Å². The highest BCUT2D eigenvalue weighted by atomic mass is 35.5. The van der Waals surface area contributed by atoms with E-state index < -0.39 is 21.6 Å². The minimum Gasteiger partial charge on any atom is -0.454 e. The van der Waals surface area contributed by atoms with Gasteiger partial charge in [0.15, 0.2) is 11.5 Å². The van der Waals surface area contributed by atoms with Crippen LogP contribution in [0.15, 0.2) is 72.8 Å². The molecule has 3 aromatic rings. The molecule has 0 fully saturated rings. The van der Waals surface area contributed by atoms with Crippen molar-refractivity contribution in [3.05, 3.63) is 88.9 Å². The number of hydrogen-bond donors (Lipinski definition) is 1. The molecule has 0 bridgehead atoms. The third-order valence-corrected chi connectivity index (χ3v) is 8.24. The summed E-state index contributed by atoms with van der Waals surface area (Å²) in [6.07, 6.45) is 1.68. The average molecular weight is 628 g/mol. The Morgan fingerprint density at radius 1 is 0.953 bits per heavy atom. The fraction of sp³-hybridized carbons (Fsp3) is 0.375. The highest BCUT2D eigenvalue weighted by Crippen LogP contribution is 2.36. The Hall–Kier alpha value is -3.76. The van der Waals surface area contributed by atoms with Crippen LogP contribution >= 0.6 is 11.6 Å². The first-order valence-electron chi connectivity index (χ1n) is 14.1. The topological polar surface area (TPSA) is 105 Å². The number of hydrogen-bond acceptors (Lipinski definition) is 6. The molecule has 0 aliphatic carbocycles. The molecule has 0 spiro atoms. The van der Waals surface area contributed by atoms with E-state index in [2.05, 4.69) is 5.32 Å². The highest BCUT2D eigenvalue weighted by Gasteiger charge is 2.32. The maximum atomic E-state index is 14.0. The lowest BCUT2D eigenvalue weighted by Gasteiger charge is -2.34. The molecule has 0 unspecified atom stereocenters. The number of ether oxygens (including phenoxy) is 2. The van der Waals surface area contributed by atoms with Crippen molar-refractivity contribution in [2.45, 2.75) is 58.2 Å². The van der Waals surface area contributed by atoms with Crippen LogP contribution in [0.5, 0.6) is 11.5 Å². The van der Waals surface area contributed by atoms with E-state index in [9.17, 15) is 18.0 Å². The van der Waals surface area contributed by atoms with Gasteiger partial charge in [-0.25, -0.2) is 8.42 Å². The van der Waals surface area contributed by atoms with Crippen molar-refractivity contribution in [3.8, 4) is 11.5 Å². The number of fused-ring (bicyclic) bond motifs is 1. The van der Waals surface area contributed by atoms with Crippen molar-refractivity contribution in [3.63, 3.8) is 0 Å². The molecular formula is C32H38ClN3O6S. The Morgan fingerprint density at radius 2 is 1.65 bits per heavy atom. The summed E-state index contributed by atoms with van der Waals surface area (Å²) in [4.78, 5) is 29.3. The largest absolute Gasteiger partial charge is 0.454 e. The molecule has 43 heavy (non-hydrogen) atoms. The van der Waals surface area contributed by atoms with Crippen LogP contribution in [0, 0.1) is 0 Å². The van der Waals surface area contributed by atoms with Gasteiger partial charge >= 0.3 is 0 Å². The van der Waals surface area contributed by atoms with E-state index in [0.29, 0.717) is 28.6 Å². The van der Waals surface area contributed by atoms with E-state index in [0.717, 1.165) is 17.4 Å². The monoisotopic (exact) mass is 627 g/mol. The molecule has 1 N–H and O–H groups in total. The summed E-state index contributed by atoms with van der Waals surface area (Å²) in [6.45, 7) is 5.97. The molecule has 0 saturated carbocycles. The molecule has 1 aliphatic rings. The van der Waals surface area contributed by atoms with E-state index >= 15 is 0 Å². The Kier molecular flexibility index (Phi) is 10.2. The molecule has 2 amide bonds. The smallest absolute Gasteiger partial charge is 0.243 e. The van der Waals surface area contributed by atoms with Crippen molar-refractivity contribution in [1.29, 1.82) is 0 Å². The van der Waals surface area contributed by atoms with Gasteiger partial charge in [0, 0.05) is 42.6 Å². The lowest BCUT2D eigenvalue weighted by Crippen LogP contribution is -2.54. The van der Waals surface area contributed by atoms with Gasteiger partial charge in [0.1, 0.15) is 6.04 Å². The van der Waals surface area contributed by atoms with E-state index in [4.69, 9.17) is 21.1 Å². The van der Waals surface area contributed by atoms with E-state index in [1.807, 2.05) is 57.2 Å². The average Bonchev–Trinajstić information content (AvgIpc) is 3.40. The number of anilines is 1. The number of carbonyl (C=O) groups is 2. The number of rotatable bonds is 12. The molecule has 0 radical (unpaired) electrons. The van der Waals surface area contributed by atoms with Crippen LogP contribution in [0.4, 0.5) is 5.69 Å². The molecule has 9 nitrogen and oxygen atoms in total. The Bertz CT molecular complexity index is 1540. The van der Waals surface area contributed by atoms with Gasteiger partial charge in [-0.3, -0.25) is 13.9 Å². The number of halogens is 1. The fourth-order valence-electron chi connectivity index (χ4n) is 4.88. The zero-order chi connectivity index (χ0) is 31.2. The zero-order valence-electron chi connectivity index (χ0n) is 24.9. The first kappa shape index (κ1) is 32.2. The summed E-state index contributed by atoms with van der Waals surface area (Å²) in [7, 11) is -3.66. The van der Waals surface area contributed by atoms with Crippen molar-refractivity contribution < 1.29 is 27.5 Å². The summed E-state index contributed by atoms with van der Waals surface area (Å²) in [5, 5.41) is 3.56. The number of carbonyl (C=O) groups excluding carboxylic acids is 2. The fourth-order valence-corrected chi connectivity index (χ4v) is 6.05. The second-order valence-electron chi connectivity index (χ2n) is 11.6. The maximum absolute atomic E-state index is 14.0. The minimum absolute atomic E-state index is 0.0191. The molecule has 3 aromatic carbocycles. The lowest BCUT2D eigenvalue weighted by atomic mass is 10.00. The minimum atomic E-state index is -3.66. The molecule has 0 saturated heterocycles. The van der Waals surface area contributed by atoms with Crippen LogP contribution < -0.4 is 19.1 Å². The molecule has 0 aromatic heterocycles. The molecular weight excluding hydrogens is 590 g/mol. The molecule has 230 valence electrons. The standard InChI is InChI=1S/C32H38ClN3O6S/c1-32(2,3)34-31(38)27(19-23-10-6-5-7-11-23)35(21-24-12-8-13-25(33)18-24)30(37)14-9-17-36(43(4,39)40)26-15-16-28-29(20-26)42-22-41-28/h5-8,10-13,15-16,18,20,27H,9,14,17,19,21-22H2,1-4H3,(H,34,38)/t27-/m1/s1. The zero-order valence-corrected chi connectivity index (χ0v) is 26.5. The van der Waals surface area contributed by atoms with Crippen molar-refractivity contribution in [2.75, 3.05) is 23.9 Å². The maximum Gasteiger partial charge on any atom is 0.243 e. The summed E-state index contributed by atoms with van der Waals surface area (Å²) in [6, 6.07) is 20.8. The van der Waals surface area contributed by atoms with Gasteiger partial charge < -0.3 is 19.7 Å². The van der Waals surface area contributed by atoms with Crippen molar-refractivity contribution in [1.82, 2.24) is 10.2 Å². The summed E-state index contributed by atoms with van der Waals surface area (Å²) in [5.74, 6) is 0.458. The third kappa shape index (κ3) is 9.11. The summed E-state index contributed by atoms with van der Waals surface area (Å²) >= 11 is 6.26. The van der Waals surface area contributed by atoms with Gasteiger partial charge in [0.25, 0.3) is 0 Å². The summed E-state index contributed by atoms with van der Waals surface area (Å²) in [5.41, 5.74) is 1.59. The SMILES string of the molecule is CC(C)(C)NC(=O)[C@@H](Cc1ccccc1)N(Cc1cccc(Cl)c1)C(=O)CCCN(c1ccc2c(c1)OCO2)S(C)(=O)=O. The van der Waals surface area contributed by atoms with Gasteiger partial charge in [0.2, 0.25) is 28.6 Å². The van der Waals surface area contributed by atoms with Gasteiger partial charge in [-0.2, -0.15) is 0 Å². The predicted octanol–water partition coefficient (Wildman–Crippen LogP) is 5.17.